The van der Waals surface area contributed by atoms with Gasteiger partial charge in [-0.2, -0.15) is 0 Å². The number of hydrogen-bond donors (Lipinski definition) is 1. The molecule has 0 fully saturated rings. The standard InChI is InChI=1S/C22H26N2O4/c1-5-6-14(22(25)15-7-8-18(24(2)3)17(23)10-15)9-16-11-20-21(28-13-27-20)12-19(16)26-4/h7-12H,5-6,13,23H2,1-4H3/b14-9+. The van der Waals surface area contributed by atoms with Crippen LogP contribution in [-0.4, -0.2) is 33.8 Å². The van der Waals surface area contributed by atoms with Gasteiger partial charge in [-0.3, -0.25) is 4.79 Å². The molecule has 0 amide bonds. The molecule has 0 saturated heterocycles. The Morgan fingerprint density at radius 1 is 1.21 bits per heavy atom. The molecular weight excluding hydrogens is 356 g/mol. The number of rotatable bonds is 7. The van der Waals surface area contributed by atoms with Gasteiger partial charge >= 0.3 is 0 Å². The third-order valence-electron chi connectivity index (χ3n) is 4.64. The average Bonchev–Trinajstić information content (AvgIpc) is 3.13. The molecule has 28 heavy (non-hydrogen) atoms. The molecular formula is C22H26N2O4. The number of Topliss-reactive ketones (excluding diaryl/α,β-unsaturated/α-hetero) is 1. The molecule has 2 aromatic rings. The number of benzene rings is 2. The predicted molar refractivity (Wildman–Crippen MR) is 112 cm³/mol. The van der Waals surface area contributed by atoms with Crippen molar-refractivity contribution in [2.45, 2.75) is 19.8 Å². The van der Waals surface area contributed by atoms with Crippen LogP contribution in [0.2, 0.25) is 0 Å². The summed E-state index contributed by atoms with van der Waals surface area (Å²) in [7, 11) is 5.43. The second-order valence-corrected chi connectivity index (χ2v) is 6.86. The number of nitrogens with zero attached hydrogens (tertiary/aromatic N) is 1. The summed E-state index contributed by atoms with van der Waals surface area (Å²) in [6.07, 6.45) is 3.35. The monoisotopic (exact) mass is 382 g/mol. The van der Waals surface area contributed by atoms with Crippen molar-refractivity contribution in [3.8, 4) is 17.2 Å². The van der Waals surface area contributed by atoms with E-state index in [-0.39, 0.29) is 12.6 Å². The summed E-state index contributed by atoms with van der Waals surface area (Å²) in [5, 5.41) is 0. The first-order valence-corrected chi connectivity index (χ1v) is 9.24. The lowest BCUT2D eigenvalue weighted by atomic mass is 9.96. The van der Waals surface area contributed by atoms with Crippen LogP contribution in [0.25, 0.3) is 6.08 Å². The van der Waals surface area contributed by atoms with Crippen LogP contribution in [0.5, 0.6) is 17.2 Å². The molecule has 6 nitrogen and oxygen atoms in total. The molecule has 0 spiro atoms. The Labute approximate surface area is 165 Å². The predicted octanol–water partition coefficient (Wildman–Crippen LogP) is 4.14. The van der Waals surface area contributed by atoms with Gasteiger partial charge in [0.2, 0.25) is 6.79 Å². The molecule has 2 N–H and O–H groups in total. The van der Waals surface area contributed by atoms with Crippen molar-refractivity contribution in [3.05, 3.63) is 47.0 Å². The largest absolute Gasteiger partial charge is 0.496 e. The summed E-state index contributed by atoms with van der Waals surface area (Å²) in [5.74, 6) is 1.88. The van der Waals surface area contributed by atoms with Gasteiger partial charge in [0.05, 0.1) is 18.5 Å². The fourth-order valence-corrected chi connectivity index (χ4v) is 3.23. The highest BCUT2D eigenvalue weighted by atomic mass is 16.7. The fraction of sp³-hybridized carbons (Fsp3) is 0.318. The van der Waals surface area contributed by atoms with Gasteiger partial charge in [-0.05, 0) is 36.8 Å². The number of carbonyl (C=O) groups excluding carboxylic acids is 1. The minimum Gasteiger partial charge on any atom is -0.496 e. The molecule has 1 aliphatic rings. The average molecular weight is 382 g/mol. The van der Waals surface area contributed by atoms with Crippen molar-refractivity contribution < 1.29 is 19.0 Å². The van der Waals surface area contributed by atoms with Crippen molar-refractivity contribution in [2.24, 2.45) is 0 Å². The second kappa shape index (κ2) is 8.25. The molecule has 0 radical (unpaired) electrons. The number of nitrogens with two attached hydrogens (primary N) is 1. The van der Waals surface area contributed by atoms with Crippen molar-refractivity contribution in [3.63, 3.8) is 0 Å². The van der Waals surface area contributed by atoms with E-state index < -0.39 is 0 Å². The van der Waals surface area contributed by atoms with E-state index in [1.54, 1.807) is 19.2 Å². The number of hydrogen-bond acceptors (Lipinski definition) is 6. The van der Waals surface area contributed by atoms with E-state index >= 15 is 0 Å². The number of methoxy groups -OCH3 is 1. The zero-order valence-corrected chi connectivity index (χ0v) is 16.7. The first-order chi connectivity index (χ1) is 13.4. The van der Waals surface area contributed by atoms with Gasteiger partial charge in [-0.15, -0.1) is 0 Å². The molecule has 3 rings (SSSR count). The summed E-state index contributed by atoms with van der Waals surface area (Å²) in [4.78, 5) is 15.1. The van der Waals surface area contributed by atoms with Gasteiger partial charge in [0, 0.05) is 36.9 Å². The SMILES string of the molecule is CCC/C(=C\c1cc2c(cc1OC)OCO2)C(=O)c1ccc(N(C)C)c(N)c1. The van der Waals surface area contributed by atoms with Gasteiger partial charge in [-0.25, -0.2) is 0 Å². The lowest BCUT2D eigenvalue weighted by Gasteiger charge is -2.16. The molecule has 1 aliphatic heterocycles. The van der Waals surface area contributed by atoms with Crippen LogP contribution in [-0.2, 0) is 0 Å². The highest BCUT2D eigenvalue weighted by Gasteiger charge is 2.19. The number of fused-ring (bicyclic) bond motifs is 1. The maximum absolute atomic E-state index is 13.2. The number of nitrogen functional groups attached to an aromatic ring is 1. The lowest BCUT2D eigenvalue weighted by Crippen LogP contribution is -2.12. The lowest BCUT2D eigenvalue weighted by molar-refractivity contribution is 0.103. The van der Waals surface area contributed by atoms with Crippen molar-refractivity contribution in [2.75, 3.05) is 38.6 Å². The number of carbonyl (C=O) groups is 1. The molecule has 0 bridgehead atoms. The zero-order chi connectivity index (χ0) is 20.3. The number of ether oxygens (including phenoxy) is 3. The third-order valence-corrected chi connectivity index (χ3v) is 4.64. The minimum atomic E-state index is -0.0430. The van der Waals surface area contributed by atoms with Gasteiger partial charge < -0.3 is 24.8 Å². The Morgan fingerprint density at radius 2 is 1.93 bits per heavy atom. The van der Waals surface area contributed by atoms with Crippen LogP contribution in [0.15, 0.2) is 35.9 Å². The Morgan fingerprint density at radius 3 is 2.54 bits per heavy atom. The topological polar surface area (TPSA) is 74.0 Å². The second-order valence-electron chi connectivity index (χ2n) is 6.86. The molecule has 0 aliphatic carbocycles. The van der Waals surface area contributed by atoms with Gasteiger partial charge in [0.25, 0.3) is 0 Å². The van der Waals surface area contributed by atoms with Crippen molar-refractivity contribution in [1.82, 2.24) is 0 Å². The molecule has 0 unspecified atom stereocenters. The Kier molecular flexibility index (Phi) is 5.78. The van der Waals surface area contributed by atoms with E-state index in [2.05, 4.69) is 0 Å². The van der Waals surface area contributed by atoms with E-state index in [1.807, 2.05) is 50.2 Å². The van der Waals surface area contributed by atoms with Crippen molar-refractivity contribution in [1.29, 1.82) is 0 Å². The van der Waals surface area contributed by atoms with Crippen LogP contribution in [0.1, 0.15) is 35.7 Å². The van der Waals surface area contributed by atoms with Crippen molar-refractivity contribution >= 4 is 23.2 Å². The smallest absolute Gasteiger partial charge is 0.231 e. The van der Waals surface area contributed by atoms with Crippen LogP contribution in [0, 0.1) is 0 Å². The molecule has 1 heterocycles. The van der Waals surface area contributed by atoms with Crippen LogP contribution < -0.4 is 24.8 Å². The van der Waals surface area contributed by atoms with E-state index in [4.69, 9.17) is 19.9 Å². The maximum Gasteiger partial charge on any atom is 0.231 e. The first-order valence-electron chi connectivity index (χ1n) is 9.24. The normalized spacial score (nSPS) is 12.8. The highest BCUT2D eigenvalue weighted by Crippen LogP contribution is 2.39. The Hall–Kier alpha value is -3.15. The summed E-state index contributed by atoms with van der Waals surface area (Å²) in [6.45, 7) is 2.23. The van der Waals surface area contributed by atoms with Gasteiger partial charge in [-0.1, -0.05) is 13.3 Å². The number of anilines is 2. The van der Waals surface area contributed by atoms with Crippen LogP contribution in [0.3, 0.4) is 0 Å². The molecule has 148 valence electrons. The maximum atomic E-state index is 13.2. The van der Waals surface area contributed by atoms with Crippen LogP contribution >= 0.6 is 0 Å². The first kappa shape index (κ1) is 19.6. The zero-order valence-electron chi connectivity index (χ0n) is 16.7. The molecule has 0 saturated carbocycles. The third kappa shape index (κ3) is 3.91. The molecule has 0 aromatic heterocycles. The van der Waals surface area contributed by atoms with E-state index in [0.717, 1.165) is 17.7 Å². The minimum absolute atomic E-state index is 0.0430. The highest BCUT2D eigenvalue weighted by molar-refractivity contribution is 6.12. The molecule has 2 aromatic carbocycles. The van der Waals surface area contributed by atoms with E-state index in [9.17, 15) is 4.79 Å². The molecule has 0 atom stereocenters. The van der Waals surface area contributed by atoms with E-state index in [1.165, 1.54) is 0 Å². The number of ketones is 1. The Bertz CT molecular complexity index is 919. The molecule has 6 heteroatoms. The fourth-order valence-electron chi connectivity index (χ4n) is 3.23. The van der Waals surface area contributed by atoms with E-state index in [0.29, 0.717) is 40.5 Å². The quantitative estimate of drug-likeness (QED) is 0.441. The van der Waals surface area contributed by atoms with Gasteiger partial charge in [0.1, 0.15) is 5.75 Å². The Balaban J connectivity index is 2.00. The number of allylic oxidation sites excluding steroid dienone is 1. The van der Waals surface area contributed by atoms with Crippen LogP contribution in [0.4, 0.5) is 11.4 Å². The summed E-state index contributed by atoms with van der Waals surface area (Å²) in [5.41, 5.74) is 9.63. The van der Waals surface area contributed by atoms with Gasteiger partial charge in [0.15, 0.2) is 17.3 Å². The summed E-state index contributed by atoms with van der Waals surface area (Å²) in [6, 6.07) is 9.04. The summed E-state index contributed by atoms with van der Waals surface area (Å²) >= 11 is 0. The summed E-state index contributed by atoms with van der Waals surface area (Å²) < 4.78 is 16.3.